The van der Waals surface area contributed by atoms with Crippen LogP contribution in [0.25, 0.3) is 16.0 Å². The van der Waals surface area contributed by atoms with E-state index in [1.807, 2.05) is 0 Å². The van der Waals surface area contributed by atoms with Gasteiger partial charge in [-0.2, -0.15) is 13.7 Å². The van der Waals surface area contributed by atoms with Gasteiger partial charge in [0.1, 0.15) is 30.2 Å². The van der Waals surface area contributed by atoms with Crippen molar-refractivity contribution < 1.29 is 61.4 Å². The van der Waals surface area contributed by atoms with Crippen LogP contribution in [0.5, 0.6) is 0 Å². The fourth-order valence-corrected chi connectivity index (χ4v) is 6.04. The van der Waals surface area contributed by atoms with E-state index >= 15 is 0 Å². The molecule has 1 aliphatic rings. The summed E-state index contributed by atoms with van der Waals surface area (Å²) in [5, 5.41) is 28.1. The zero-order valence-electron chi connectivity index (χ0n) is 16.3. The molecule has 0 amide bonds. The maximum Gasteiger partial charge on any atom is 0.490 e. The number of anilines is 1. The quantitative estimate of drug-likeness (QED) is 0.0896. The van der Waals surface area contributed by atoms with Gasteiger partial charge in [0, 0.05) is 4.91 Å². The number of phosphoric ester groups is 1. The third kappa shape index (κ3) is 5.63. The maximum absolute atomic E-state index is 12.0. The molecule has 8 N–H and O–H groups in total. The van der Waals surface area contributed by atoms with Gasteiger partial charge >= 0.3 is 23.5 Å². The number of aliphatic hydroxyl groups excluding tert-OH is 2. The average Bonchev–Trinajstić information content (AvgIpc) is 3.20. The normalized spacial score (nSPS) is 28.8. The monoisotopic (exact) mass is 547 g/mol. The molecule has 2 aromatic heterocycles. The topological polar surface area (TPSA) is 314 Å². The Morgan fingerprint density at radius 2 is 1.88 bits per heavy atom. The summed E-state index contributed by atoms with van der Waals surface area (Å²) in [6.45, 7) is -1.35. The molecule has 2 aromatic rings. The Hall–Kier alpha value is -1.98. The Morgan fingerprint density at radius 3 is 2.50 bits per heavy atom. The number of nitrogen functional groups attached to an aromatic ring is 1. The molecule has 20 nitrogen and oxygen atoms in total. The molecule has 0 radical (unpaired) electrons. The Morgan fingerprint density at radius 1 is 1.21 bits per heavy atom. The average molecular weight is 547 g/mol. The number of ether oxygens (including phenoxy) is 1. The predicted molar refractivity (Wildman–Crippen MR) is 105 cm³/mol. The molecule has 0 spiro atoms. The summed E-state index contributed by atoms with van der Waals surface area (Å²) in [6, 6.07) is 2.84. The number of nitrogens with zero attached hydrogens (tertiary/aromatic N) is 6. The molecule has 0 saturated carbocycles. The molecule has 0 aromatic carbocycles. The van der Waals surface area contributed by atoms with E-state index < -0.39 is 54.1 Å². The van der Waals surface area contributed by atoms with Gasteiger partial charge in [0.15, 0.2) is 11.5 Å². The number of fused-ring (bicyclic) bond motifs is 1. The van der Waals surface area contributed by atoms with Crippen LogP contribution in [-0.2, 0) is 31.6 Å². The van der Waals surface area contributed by atoms with Gasteiger partial charge in [0.2, 0.25) is 0 Å². The van der Waals surface area contributed by atoms with Gasteiger partial charge in [-0.3, -0.25) is 4.52 Å². The highest BCUT2D eigenvalue weighted by Gasteiger charge is 2.56. The first-order chi connectivity index (χ1) is 15.6. The molecule has 0 bridgehead atoms. The number of hydrogen-bond donors (Lipinski definition) is 7. The summed E-state index contributed by atoms with van der Waals surface area (Å²) in [7, 11) is -17.1. The minimum atomic E-state index is -5.83. The molecule has 1 saturated heterocycles. The van der Waals surface area contributed by atoms with Gasteiger partial charge in [-0.25, -0.2) is 23.2 Å². The Balaban J connectivity index is 1.86. The third-order valence-electron chi connectivity index (χ3n) is 4.29. The van der Waals surface area contributed by atoms with E-state index in [2.05, 4.69) is 33.3 Å². The number of azide groups is 1. The van der Waals surface area contributed by atoms with Crippen LogP contribution in [0.4, 0.5) is 5.82 Å². The number of aromatic nitrogens is 3. The lowest BCUT2D eigenvalue weighted by Gasteiger charge is -2.27. The molecule has 2 unspecified atom stereocenters. The summed E-state index contributed by atoms with van der Waals surface area (Å²) in [5.74, 6) is 0.0586. The highest BCUT2D eigenvalue weighted by Crippen LogP contribution is 2.66. The van der Waals surface area contributed by atoms with Crippen LogP contribution in [0, 0.1) is 0 Å². The number of phosphoric acid groups is 3. The van der Waals surface area contributed by atoms with Crippen LogP contribution in [0.2, 0.25) is 0 Å². The first kappa shape index (κ1) is 26.6. The first-order valence-electron chi connectivity index (χ1n) is 8.56. The molecule has 0 aliphatic carbocycles. The molecule has 6 atom stereocenters. The van der Waals surface area contributed by atoms with E-state index in [0.29, 0.717) is 0 Å². The van der Waals surface area contributed by atoms with Crippen molar-refractivity contribution in [3.8, 4) is 0 Å². The molecule has 1 fully saturated rings. The van der Waals surface area contributed by atoms with Crippen molar-refractivity contribution in [2.75, 3.05) is 12.3 Å². The molecule has 34 heavy (non-hydrogen) atoms. The molecular formula is C11H16N7O13P3. The second-order valence-corrected chi connectivity index (χ2v) is 11.0. The van der Waals surface area contributed by atoms with Crippen LogP contribution >= 0.6 is 23.5 Å². The van der Waals surface area contributed by atoms with E-state index in [4.69, 9.17) is 25.8 Å². The molecule has 188 valence electrons. The van der Waals surface area contributed by atoms with E-state index in [1.54, 1.807) is 0 Å². The first-order valence-corrected chi connectivity index (χ1v) is 13.1. The Kier molecular flexibility index (Phi) is 7.23. The largest absolute Gasteiger partial charge is 0.490 e. The van der Waals surface area contributed by atoms with Crippen LogP contribution in [0.15, 0.2) is 23.6 Å². The molecular weight excluding hydrogens is 531 g/mol. The van der Waals surface area contributed by atoms with Crippen molar-refractivity contribution in [1.29, 1.82) is 0 Å². The van der Waals surface area contributed by atoms with Gasteiger partial charge < -0.3 is 40.3 Å². The smallest absolute Gasteiger partial charge is 0.387 e. The number of rotatable bonds is 9. The summed E-state index contributed by atoms with van der Waals surface area (Å²) in [4.78, 5) is 42.2. The summed E-state index contributed by atoms with van der Waals surface area (Å²) in [6.07, 6.45) is -4.31. The van der Waals surface area contributed by atoms with Gasteiger partial charge in [-0.05, 0) is 17.7 Å². The summed E-state index contributed by atoms with van der Waals surface area (Å²) < 4.78 is 52.4. The van der Waals surface area contributed by atoms with Gasteiger partial charge in [-0.15, -0.1) is 0 Å². The molecule has 3 rings (SSSR count). The molecule has 3 heterocycles. The molecule has 1 aliphatic heterocycles. The molecule has 23 heteroatoms. The fraction of sp³-hybridized carbons (Fsp3) is 0.455. The van der Waals surface area contributed by atoms with Gasteiger partial charge in [-0.1, -0.05) is 5.11 Å². The second kappa shape index (κ2) is 9.23. The lowest BCUT2D eigenvalue weighted by molar-refractivity contribution is -0.106. The second-order valence-electron chi connectivity index (χ2n) is 6.57. The SMILES string of the molecule is [N-]=[N+]=N[C@@]1(COP(=O)(O)OP(=O)(O)OP(=O)(O)O)O[C@@H](c2ccc3c(N)ncnn23)[C@H](O)[C@@H]1O. The van der Waals surface area contributed by atoms with Crippen molar-refractivity contribution in [2.24, 2.45) is 5.11 Å². The van der Waals surface area contributed by atoms with Crippen LogP contribution < -0.4 is 5.73 Å². The van der Waals surface area contributed by atoms with Crippen molar-refractivity contribution in [3.63, 3.8) is 0 Å². The van der Waals surface area contributed by atoms with E-state index in [0.717, 1.165) is 6.33 Å². The zero-order valence-corrected chi connectivity index (χ0v) is 19.0. The number of hydrogen-bond acceptors (Lipinski definition) is 13. The van der Waals surface area contributed by atoms with E-state index in [1.165, 1.54) is 16.6 Å². The third-order valence-corrected chi connectivity index (χ3v) is 8.08. The fourth-order valence-electron chi connectivity index (χ4n) is 3.00. The summed E-state index contributed by atoms with van der Waals surface area (Å²) >= 11 is 0. The van der Waals surface area contributed by atoms with E-state index in [-0.39, 0.29) is 17.0 Å². The standard InChI is InChI=1S/C11H16N7O13P3/c12-10-6-2-1-5(18(6)15-4-14-10)8-7(19)9(20)11(29-8,16-17-13)3-28-33(24,25)31-34(26,27)30-32(21,22)23/h1-2,4,7-9,19-20H,3H2,(H,24,25)(H,26,27)(H2,12,14,15)(H2,21,22,23)/t7-,8-,9-,11-/m0/s1. The van der Waals surface area contributed by atoms with Gasteiger partial charge in [0.25, 0.3) is 0 Å². The van der Waals surface area contributed by atoms with Crippen molar-refractivity contribution in [3.05, 3.63) is 34.6 Å². The van der Waals surface area contributed by atoms with Crippen molar-refractivity contribution in [2.45, 2.75) is 24.0 Å². The highest BCUT2D eigenvalue weighted by molar-refractivity contribution is 7.66. The maximum atomic E-state index is 12.0. The zero-order chi connectivity index (χ0) is 25.5. The predicted octanol–water partition coefficient (Wildman–Crippen LogP) is -0.546. The van der Waals surface area contributed by atoms with Crippen molar-refractivity contribution in [1.82, 2.24) is 14.6 Å². The van der Waals surface area contributed by atoms with Crippen molar-refractivity contribution >= 4 is 34.8 Å². The lowest BCUT2D eigenvalue weighted by Crippen LogP contribution is -2.44. The minimum absolute atomic E-state index is 0.0586. The minimum Gasteiger partial charge on any atom is -0.387 e. The van der Waals surface area contributed by atoms with Crippen LogP contribution in [0.3, 0.4) is 0 Å². The number of aliphatic hydroxyl groups is 2. The Labute approximate surface area is 187 Å². The van der Waals surface area contributed by atoms with Crippen LogP contribution in [0.1, 0.15) is 11.8 Å². The Bertz CT molecular complexity index is 1280. The van der Waals surface area contributed by atoms with Crippen LogP contribution in [-0.4, -0.2) is 68.9 Å². The lowest BCUT2D eigenvalue weighted by atomic mass is 10.0. The highest BCUT2D eigenvalue weighted by atomic mass is 31.3. The summed E-state index contributed by atoms with van der Waals surface area (Å²) in [5.41, 5.74) is 12.4. The number of nitrogens with two attached hydrogens (primary N) is 1. The van der Waals surface area contributed by atoms with E-state index in [9.17, 15) is 33.7 Å². The van der Waals surface area contributed by atoms with Gasteiger partial charge in [0.05, 0.1) is 12.3 Å².